The van der Waals surface area contributed by atoms with E-state index in [1.165, 1.54) is 33.4 Å². The molecule has 184 valence electrons. The van der Waals surface area contributed by atoms with Gasteiger partial charge in [0, 0.05) is 5.66 Å². The van der Waals surface area contributed by atoms with E-state index in [2.05, 4.69) is 106 Å². The van der Waals surface area contributed by atoms with Crippen molar-refractivity contribution in [2.75, 3.05) is 0 Å². The minimum atomic E-state index is -2.27. The van der Waals surface area contributed by atoms with Gasteiger partial charge in [0.25, 0.3) is 0 Å². The predicted molar refractivity (Wildman–Crippen MR) is 150 cm³/mol. The van der Waals surface area contributed by atoms with Gasteiger partial charge >= 0.3 is 35.6 Å². The monoisotopic (exact) mass is 541 g/mol. The van der Waals surface area contributed by atoms with Crippen molar-refractivity contribution in [3.05, 3.63) is 71.2 Å². The molecule has 3 rings (SSSR count). The summed E-state index contributed by atoms with van der Waals surface area (Å²) in [5, 5.41) is 12.3. The quantitative estimate of drug-likeness (QED) is 0.209. The van der Waals surface area contributed by atoms with E-state index in [0.717, 1.165) is 0 Å². The Morgan fingerprint density at radius 3 is 1.30 bits per heavy atom. The van der Waals surface area contributed by atoms with Crippen LogP contribution in [0.4, 0.5) is 0 Å². The first-order chi connectivity index (χ1) is 14.6. The molecule has 1 nitrogen and oxygen atoms in total. The number of hydrogen-bond donors (Lipinski definition) is 0. The second-order valence-corrected chi connectivity index (χ2v) is 18.3. The van der Waals surface area contributed by atoms with E-state index < -0.39 is 24.1 Å². The van der Waals surface area contributed by atoms with Crippen molar-refractivity contribution in [3.8, 4) is 11.1 Å². The molecule has 1 aliphatic rings. The van der Waals surface area contributed by atoms with Gasteiger partial charge in [0.05, 0.1) is 0 Å². The number of halogens is 2. The second-order valence-electron chi connectivity index (χ2n) is 11.6. The molecule has 0 heterocycles. The van der Waals surface area contributed by atoms with Crippen molar-refractivity contribution >= 4 is 25.7 Å². The Labute approximate surface area is 221 Å². The van der Waals surface area contributed by atoms with Crippen LogP contribution in [0.5, 0.6) is 0 Å². The van der Waals surface area contributed by atoms with Crippen LogP contribution in [0.25, 0.3) is 16.3 Å². The molecule has 0 radical (unpaired) electrons. The molecule has 0 saturated heterocycles. The summed E-state index contributed by atoms with van der Waals surface area (Å²) < 4.78 is 0. The normalized spacial score (nSPS) is 13.8. The Kier molecular flexibility index (Phi) is 10.7. The summed E-state index contributed by atoms with van der Waals surface area (Å²) in [6, 6.07) is 14.0. The van der Waals surface area contributed by atoms with Crippen LogP contribution in [-0.4, -0.2) is 11.3 Å². The fraction of sp³-hybridized carbons (Fsp3) is 0.536. The van der Waals surface area contributed by atoms with Crippen LogP contribution in [0.2, 0.25) is 0 Å². The van der Waals surface area contributed by atoms with Crippen molar-refractivity contribution in [2.45, 2.75) is 97.0 Å². The first kappa shape index (κ1) is 31.0. The van der Waals surface area contributed by atoms with Crippen LogP contribution in [0.15, 0.2) is 36.4 Å². The zero-order valence-electron chi connectivity index (χ0n) is 22.3. The molecule has 33 heavy (non-hydrogen) atoms. The molecule has 0 spiro atoms. The molecule has 0 unspecified atom stereocenters. The van der Waals surface area contributed by atoms with Crippen LogP contribution in [-0.2, 0) is 27.9 Å². The molecule has 0 saturated carbocycles. The van der Waals surface area contributed by atoms with E-state index in [4.69, 9.17) is 18.6 Å². The van der Waals surface area contributed by atoms with Gasteiger partial charge in [0.15, 0.2) is 0 Å². The van der Waals surface area contributed by atoms with Crippen LogP contribution in [0.3, 0.4) is 0 Å². The van der Waals surface area contributed by atoms with Crippen molar-refractivity contribution in [2.24, 2.45) is 0 Å². The molecule has 0 aliphatic heterocycles. The molecule has 0 amide bonds. The summed E-state index contributed by atoms with van der Waals surface area (Å²) in [5.74, 6) is 0. The molecule has 2 aromatic carbocycles. The van der Waals surface area contributed by atoms with Crippen LogP contribution in [0, 0.1) is 7.43 Å². The Morgan fingerprint density at radius 1 is 0.758 bits per heavy atom. The number of rotatable bonds is 3. The van der Waals surface area contributed by atoms with E-state index in [9.17, 15) is 5.16 Å². The molecule has 0 atom stereocenters. The van der Waals surface area contributed by atoms with Crippen LogP contribution >= 0.6 is 25.7 Å². The van der Waals surface area contributed by atoms with Crippen molar-refractivity contribution in [3.63, 3.8) is 0 Å². The molecule has 0 aromatic heterocycles. The Bertz CT molecular complexity index is 924. The first-order valence-corrected chi connectivity index (χ1v) is 17.7. The van der Waals surface area contributed by atoms with Gasteiger partial charge in [-0.2, -0.15) is 0 Å². The zero-order valence-corrected chi connectivity index (χ0v) is 26.3. The average Bonchev–Trinajstić information content (AvgIpc) is 2.99. The van der Waals surface area contributed by atoms with Gasteiger partial charge in [-0.15, -0.1) is 0 Å². The van der Waals surface area contributed by atoms with Gasteiger partial charge in [0.1, 0.15) is 0 Å². The fourth-order valence-corrected chi connectivity index (χ4v) is 8.51. The van der Waals surface area contributed by atoms with Gasteiger partial charge in [-0.3, -0.25) is 0 Å². The topological polar surface area (TPSA) is 22.3 Å². The molecule has 5 heteroatoms. The van der Waals surface area contributed by atoms with Crippen molar-refractivity contribution < 1.29 is 17.0 Å². The number of nitrogens with zero attached hydrogens (tertiary/aromatic N) is 1. The molecule has 0 fully saturated rings. The van der Waals surface area contributed by atoms with Gasteiger partial charge in [-0.05, 0) is 55.5 Å². The van der Waals surface area contributed by atoms with E-state index in [-0.39, 0.29) is 35.2 Å². The molecule has 0 N–H and O–H groups in total. The van der Waals surface area contributed by atoms with Gasteiger partial charge in [-0.25, -0.2) is 7.05 Å². The van der Waals surface area contributed by atoms with Gasteiger partial charge in [0.2, 0.25) is 0 Å². The number of benzene rings is 2. The predicted octanol–water partition coefficient (Wildman–Crippen LogP) is 10.8. The van der Waals surface area contributed by atoms with E-state index in [1.807, 2.05) is 0 Å². The minimum absolute atomic E-state index is 0. The van der Waals surface area contributed by atoms with Gasteiger partial charge < -0.3 is 12.6 Å². The third-order valence-corrected chi connectivity index (χ3v) is 11.5. The molecular weight excluding hydrogens is 500 g/mol. The summed E-state index contributed by atoms with van der Waals surface area (Å²) >= 11 is -0.556. The number of fused-ring (bicyclic) bond motifs is 3. The van der Waals surface area contributed by atoms with E-state index >= 15 is 0 Å². The maximum absolute atomic E-state index is 12.3. The Morgan fingerprint density at radius 2 is 1.06 bits per heavy atom. The number of hydrogen-bond acceptors (Lipinski definition) is 0. The molecule has 0 bridgehead atoms. The summed E-state index contributed by atoms with van der Waals surface area (Å²) in [4.78, 5) is 0. The zero-order chi connectivity index (χ0) is 24.6. The standard InChI is InChI=1S/C27H39NP.CH3.2ClH.Ti/c1-17(2)29(28,18(3)4)25-23-15-19(26(5,6)7)11-13-21(23)22-14-12-20(16-24(22)25)27(8,9)10;;;;/h11-18,25H,1-10H3;1H3;2*1H;/q2*-1;;;+2/p-2. The Balaban J connectivity index is 0.00000129. The van der Waals surface area contributed by atoms with Crippen molar-refractivity contribution in [1.29, 1.82) is 0 Å². The Hall–Kier alpha value is -0.0357. The van der Waals surface area contributed by atoms with E-state index in [0.29, 0.717) is 0 Å². The average molecular weight is 542 g/mol. The summed E-state index contributed by atoms with van der Waals surface area (Å²) in [7, 11) is 7.51. The molecule has 1 aliphatic carbocycles. The summed E-state index contributed by atoms with van der Waals surface area (Å²) in [6.45, 7) is 22.5. The molecular formula is C28H42Cl2NPTi-2. The summed E-state index contributed by atoms with van der Waals surface area (Å²) in [5.41, 5.74) is 8.86. The van der Waals surface area contributed by atoms with Crippen LogP contribution in [0.1, 0.15) is 97.2 Å². The van der Waals surface area contributed by atoms with E-state index in [1.54, 1.807) is 0 Å². The van der Waals surface area contributed by atoms with Crippen LogP contribution < -0.4 is 0 Å². The fourth-order valence-electron chi connectivity index (χ4n) is 4.81. The first-order valence-electron chi connectivity index (χ1n) is 11.5. The van der Waals surface area contributed by atoms with Crippen molar-refractivity contribution in [1.82, 2.24) is 0 Å². The van der Waals surface area contributed by atoms with Gasteiger partial charge in [-0.1, -0.05) is 106 Å². The third-order valence-electron chi connectivity index (χ3n) is 6.78. The SMILES string of the molecule is CC(C)P(=[N-])(C(C)C)C1c2cc(C(C)(C)C)ccc2-c2ccc(C(C)(C)C)cc21.[CH3-].[Cl][Ti][Cl]. The summed E-state index contributed by atoms with van der Waals surface area (Å²) in [6.07, 6.45) is 0. The second kappa shape index (κ2) is 11.3. The maximum atomic E-state index is 12.3. The molecule has 2 aromatic rings. The third kappa shape index (κ3) is 6.21.